The van der Waals surface area contributed by atoms with E-state index in [2.05, 4.69) is 4.74 Å². The molecule has 0 atom stereocenters. The van der Waals surface area contributed by atoms with Crippen LogP contribution in [0.15, 0.2) is 11.0 Å². The molecule has 0 amide bonds. The van der Waals surface area contributed by atoms with Gasteiger partial charge in [-0.2, -0.15) is 5.26 Å². The number of aromatic nitrogens is 1. The molecule has 8 heteroatoms. The summed E-state index contributed by atoms with van der Waals surface area (Å²) in [4.78, 5) is 12.8. The number of H-pyrrole nitrogens is 1. The average molecular weight is 219 g/mol. The lowest BCUT2D eigenvalue weighted by molar-refractivity contribution is -0.274. The van der Waals surface area contributed by atoms with E-state index >= 15 is 0 Å². The Balaban J connectivity index is 3.24. The molecule has 0 unspecified atom stereocenters. The minimum absolute atomic E-state index is 0.614. The number of nitrogen functional groups attached to an aromatic ring is 1. The number of hydrogen-bond acceptors (Lipinski definition) is 4. The highest BCUT2D eigenvalue weighted by Crippen LogP contribution is 2.27. The second-order valence-electron chi connectivity index (χ2n) is 2.43. The molecule has 15 heavy (non-hydrogen) atoms. The Bertz CT molecular complexity index is 472. The van der Waals surface area contributed by atoms with Crippen LogP contribution in [0.4, 0.5) is 18.9 Å². The van der Waals surface area contributed by atoms with E-state index in [-0.39, 0.29) is 0 Å². The van der Waals surface area contributed by atoms with Gasteiger partial charge in [-0.15, -0.1) is 13.2 Å². The third kappa shape index (κ3) is 2.40. The number of halogens is 3. The molecule has 1 aromatic heterocycles. The summed E-state index contributed by atoms with van der Waals surface area (Å²) < 4.78 is 38.9. The van der Waals surface area contributed by atoms with E-state index in [1.165, 1.54) is 6.07 Å². The summed E-state index contributed by atoms with van der Waals surface area (Å²) in [6, 6.07) is 1.37. The Kier molecular flexibility index (Phi) is 2.57. The summed E-state index contributed by atoms with van der Waals surface area (Å²) >= 11 is 0. The van der Waals surface area contributed by atoms with Crippen LogP contribution in [0.2, 0.25) is 0 Å². The van der Waals surface area contributed by atoms with Gasteiger partial charge in [0.05, 0.1) is 5.69 Å². The Morgan fingerprint density at radius 2 is 2.13 bits per heavy atom. The first kappa shape index (κ1) is 10.9. The number of nitrogens with one attached hydrogen (secondary N) is 1. The number of rotatable bonds is 1. The molecule has 0 aliphatic rings. The van der Waals surface area contributed by atoms with Gasteiger partial charge in [-0.1, -0.05) is 0 Å². The fourth-order valence-electron chi connectivity index (χ4n) is 0.847. The highest BCUT2D eigenvalue weighted by molar-refractivity contribution is 5.61. The second-order valence-corrected chi connectivity index (χ2v) is 2.43. The quantitative estimate of drug-likeness (QED) is 0.728. The van der Waals surface area contributed by atoms with Crippen molar-refractivity contribution in [1.29, 1.82) is 5.26 Å². The number of aromatic amines is 1. The number of pyridine rings is 1. The van der Waals surface area contributed by atoms with Gasteiger partial charge in [0.2, 0.25) is 0 Å². The Hall–Kier alpha value is -2.17. The number of hydrogen-bond donors (Lipinski definition) is 2. The molecule has 0 aromatic carbocycles. The second kappa shape index (κ2) is 3.53. The van der Waals surface area contributed by atoms with Crippen LogP contribution < -0.4 is 16.0 Å². The average Bonchev–Trinajstić information content (AvgIpc) is 2.09. The fourth-order valence-corrected chi connectivity index (χ4v) is 0.847. The van der Waals surface area contributed by atoms with Gasteiger partial charge in [-0.05, 0) is 0 Å². The van der Waals surface area contributed by atoms with E-state index in [0.29, 0.717) is 6.20 Å². The third-order valence-electron chi connectivity index (χ3n) is 1.43. The van der Waals surface area contributed by atoms with Gasteiger partial charge in [0.15, 0.2) is 5.75 Å². The van der Waals surface area contributed by atoms with Crippen molar-refractivity contribution < 1.29 is 17.9 Å². The molecule has 1 aromatic rings. The lowest BCUT2D eigenvalue weighted by atomic mass is 10.2. The molecule has 0 spiro atoms. The number of anilines is 1. The van der Waals surface area contributed by atoms with Crippen LogP contribution in [0.5, 0.6) is 5.75 Å². The van der Waals surface area contributed by atoms with E-state index in [4.69, 9.17) is 11.0 Å². The summed E-state index contributed by atoms with van der Waals surface area (Å²) in [5, 5.41) is 8.44. The number of ether oxygens (including phenoxy) is 1. The zero-order valence-corrected chi connectivity index (χ0v) is 7.05. The maximum atomic E-state index is 11.8. The summed E-state index contributed by atoms with van der Waals surface area (Å²) in [7, 11) is 0. The van der Waals surface area contributed by atoms with Crippen LogP contribution in [0.1, 0.15) is 5.56 Å². The number of alkyl halides is 3. The highest BCUT2D eigenvalue weighted by Gasteiger charge is 2.32. The van der Waals surface area contributed by atoms with Crippen molar-refractivity contribution in [2.75, 3.05) is 5.73 Å². The smallest absolute Gasteiger partial charge is 0.402 e. The molecule has 1 heterocycles. The minimum Gasteiger partial charge on any atom is -0.402 e. The third-order valence-corrected chi connectivity index (χ3v) is 1.43. The van der Waals surface area contributed by atoms with Gasteiger partial charge in [0, 0.05) is 6.20 Å². The topological polar surface area (TPSA) is 91.9 Å². The molecule has 0 bridgehead atoms. The van der Waals surface area contributed by atoms with Crippen molar-refractivity contribution >= 4 is 5.69 Å². The summed E-state index contributed by atoms with van der Waals surface area (Å²) in [6.07, 6.45) is -4.29. The standard InChI is InChI=1S/C7H4F3N3O2/c8-7(9,10)15-4-2-13-6(14)3(1-11)5(4)12/h2H,(H3,12,13,14). The van der Waals surface area contributed by atoms with E-state index in [1.807, 2.05) is 4.98 Å². The summed E-state index contributed by atoms with van der Waals surface area (Å²) in [5.41, 5.74) is 3.01. The Morgan fingerprint density at radius 1 is 1.53 bits per heavy atom. The maximum absolute atomic E-state index is 11.8. The van der Waals surface area contributed by atoms with Crippen LogP contribution >= 0.6 is 0 Å². The normalized spacial score (nSPS) is 10.8. The van der Waals surface area contributed by atoms with Crippen LogP contribution in [0.3, 0.4) is 0 Å². The van der Waals surface area contributed by atoms with Gasteiger partial charge >= 0.3 is 6.36 Å². The van der Waals surface area contributed by atoms with Crippen molar-refractivity contribution in [2.45, 2.75) is 6.36 Å². The van der Waals surface area contributed by atoms with E-state index in [9.17, 15) is 18.0 Å². The molecule has 0 fully saturated rings. The molecule has 80 valence electrons. The maximum Gasteiger partial charge on any atom is 0.573 e. The van der Waals surface area contributed by atoms with Gasteiger partial charge in [-0.3, -0.25) is 4.79 Å². The molecule has 0 saturated carbocycles. The first-order chi connectivity index (χ1) is 6.85. The molecule has 0 aliphatic carbocycles. The van der Waals surface area contributed by atoms with Crippen LogP contribution in [0, 0.1) is 11.3 Å². The Morgan fingerprint density at radius 3 is 2.60 bits per heavy atom. The molecule has 0 aliphatic heterocycles. The van der Waals surface area contributed by atoms with Gasteiger partial charge in [0.1, 0.15) is 11.6 Å². The van der Waals surface area contributed by atoms with Gasteiger partial charge in [0.25, 0.3) is 5.56 Å². The number of nitrogens with two attached hydrogens (primary N) is 1. The fraction of sp³-hybridized carbons (Fsp3) is 0.143. The monoisotopic (exact) mass is 219 g/mol. The zero-order chi connectivity index (χ0) is 11.6. The van der Waals surface area contributed by atoms with Crippen LogP contribution in [-0.2, 0) is 0 Å². The van der Waals surface area contributed by atoms with Gasteiger partial charge < -0.3 is 15.5 Å². The molecule has 3 N–H and O–H groups in total. The van der Waals surface area contributed by atoms with Crippen molar-refractivity contribution in [2.24, 2.45) is 0 Å². The molecule has 0 radical (unpaired) electrons. The molecule has 1 rings (SSSR count). The lowest BCUT2D eigenvalue weighted by Gasteiger charge is -2.10. The molecular weight excluding hydrogens is 215 g/mol. The van der Waals surface area contributed by atoms with Crippen LogP contribution in [-0.4, -0.2) is 11.3 Å². The predicted molar refractivity (Wildman–Crippen MR) is 42.9 cm³/mol. The first-order valence-corrected chi connectivity index (χ1v) is 3.52. The summed E-state index contributed by atoms with van der Waals surface area (Å²) in [6.45, 7) is 0. The van der Waals surface area contributed by atoms with Gasteiger partial charge in [-0.25, -0.2) is 0 Å². The highest BCUT2D eigenvalue weighted by atomic mass is 19.4. The largest absolute Gasteiger partial charge is 0.573 e. The molecule has 0 saturated heterocycles. The number of nitrogens with zero attached hydrogens (tertiary/aromatic N) is 1. The van der Waals surface area contributed by atoms with E-state index in [0.717, 1.165) is 0 Å². The summed E-state index contributed by atoms with van der Waals surface area (Å²) in [5.74, 6) is -0.807. The lowest BCUT2D eigenvalue weighted by Crippen LogP contribution is -2.21. The first-order valence-electron chi connectivity index (χ1n) is 3.52. The van der Waals surface area contributed by atoms with Crippen LogP contribution in [0.25, 0.3) is 0 Å². The van der Waals surface area contributed by atoms with E-state index in [1.54, 1.807) is 0 Å². The van der Waals surface area contributed by atoms with Crippen molar-refractivity contribution in [1.82, 2.24) is 4.98 Å². The van der Waals surface area contributed by atoms with Crippen molar-refractivity contribution in [3.63, 3.8) is 0 Å². The molecular formula is C7H4F3N3O2. The Labute approximate surface area is 80.9 Å². The van der Waals surface area contributed by atoms with E-state index < -0.39 is 28.9 Å². The predicted octanol–water partition coefficient (Wildman–Crippen LogP) is 0.727. The minimum atomic E-state index is -4.93. The zero-order valence-electron chi connectivity index (χ0n) is 7.05. The van der Waals surface area contributed by atoms with Crippen molar-refractivity contribution in [3.8, 4) is 11.8 Å². The number of nitriles is 1. The van der Waals surface area contributed by atoms with Crippen molar-refractivity contribution in [3.05, 3.63) is 22.1 Å². The SMILES string of the molecule is N#Cc1c(N)c(OC(F)(F)F)c[nH]c1=O. The molecule has 5 nitrogen and oxygen atoms in total.